The van der Waals surface area contributed by atoms with Gasteiger partial charge in [0.05, 0.1) is 0 Å². The van der Waals surface area contributed by atoms with E-state index >= 15 is 0 Å². The standard InChI is InChI=1S/C9H11O3P/c1-7-5-3-4-6-8(7)9(2,10)13(11)12/h3-6,10H,1-2H3. The van der Waals surface area contributed by atoms with Crippen LogP contribution in [-0.2, 0) is 9.91 Å². The number of hydrogen-bond donors (Lipinski definition) is 1. The minimum absolute atomic E-state index is 0.436. The molecule has 0 aliphatic carbocycles. The third-order valence-corrected chi connectivity index (χ3v) is 2.96. The molecule has 0 aliphatic heterocycles. The van der Waals surface area contributed by atoms with E-state index in [9.17, 15) is 14.6 Å². The summed E-state index contributed by atoms with van der Waals surface area (Å²) in [6, 6.07) is 6.88. The number of hydrogen-bond acceptors (Lipinski definition) is 3. The highest BCUT2D eigenvalue weighted by molar-refractivity contribution is 7.37. The van der Waals surface area contributed by atoms with Crippen molar-refractivity contribution in [2.45, 2.75) is 19.2 Å². The van der Waals surface area contributed by atoms with Crippen LogP contribution in [0, 0.1) is 6.92 Å². The molecule has 4 heteroatoms. The summed E-state index contributed by atoms with van der Waals surface area (Å²) < 4.78 is 10.8. The Labute approximate surface area is 77.9 Å². The topological polar surface area (TPSA) is 60.4 Å². The molecule has 1 aromatic carbocycles. The summed E-state index contributed by atoms with van der Waals surface area (Å²) in [5.41, 5.74) is 1.21. The quantitative estimate of drug-likeness (QED) is 0.728. The van der Waals surface area contributed by atoms with Crippen LogP contribution in [0.25, 0.3) is 0 Å². The largest absolute Gasteiger partial charge is 0.593 e. The summed E-state index contributed by atoms with van der Waals surface area (Å²) in [6.07, 6.45) is 0. The van der Waals surface area contributed by atoms with Gasteiger partial charge in [0, 0.05) is 12.5 Å². The van der Waals surface area contributed by atoms with Gasteiger partial charge in [-0.1, -0.05) is 28.8 Å². The average molecular weight is 198 g/mol. The zero-order valence-electron chi connectivity index (χ0n) is 7.52. The molecule has 0 spiro atoms. The predicted octanol–water partition coefficient (Wildman–Crippen LogP) is 1.26. The molecule has 2 unspecified atom stereocenters. The maximum Gasteiger partial charge on any atom is 0.349 e. The second-order valence-electron chi connectivity index (χ2n) is 3.09. The molecule has 0 aliphatic rings. The lowest BCUT2D eigenvalue weighted by molar-refractivity contribution is -0.179. The van der Waals surface area contributed by atoms with Gasteiger partial charge in [0.2, 0.25) is 0 Å². The summed E-state index contributed by atoms with van der Waals surface area (Å²) in [5.74, 6) is 0. The van der Waals surface area contributed by atoms with Crippen LogP contribution in [0.1, 0.15) is 18.1 Å². The van der Waals surface area contributed by atoms with Crippen LogP contribution in [0.5, 0.6) is 0 Å². The van der Waals surface area contributed by atoms with E-state index in [1.807, 2.05) is 0 Å². The van der Waals surface area contributed by atoms with E-state index in [2.05, 4.69) is 0 Å². The maximum absolute atomic E-state index is 10.8. The van der Waals surface area contributed by atoms with E-state index in [1.54, 1.807) is 31.2 Å². The van der Waals surface area contributed by atoms with Crippen LogP contribution >= 0.6 is 8.03 Å². The van der Waals surface area contributed by atoms with Crippen molar-refractivity contribution >= 4 is 8.03 Å². The van der Waals surface area contributed by atoms with E-state index in [0.717, 1.165) is 5.56 Å². The number of rotatable bonds is 2. The van der Waals surface area contributed by atoms with Crippen molar-refractivity contribution in [1.82, 2.24) is 0 Å². The van der Waals surface area contributed by atoms with Gasteiger partial charge in [0.15, 0.2) is 0 Å². The third kappa shape index (κ3) is 1.94. The molecule has 0 amide bonds. The first-order valence-electron chi connectivity index (χ1n) is 3.89. The fourth-order valence-electron chi connectivity index (χ4n) is 1.20. The molecule has 2 atom stereocenters. The van der Waals surface area contributed by atoms with Crippen molar-refractivity contribution < 1.29 is 14.6 Å². The highest BCUT2D eigenvalue weighted by Crippen LogP contribution is 2.39. The van der Waals surface area contributed by atoms with Gasteiger partial charge in [-0.3, -0.25) is 0 Å². The van der Waals surface area contributed by atoms with Gasteiger partial charge < -0.3 is 10.00 Å². The van der Waals surface area contributed by atoms with Crippen molar-refractivity contribution in [2.75, 3.05) is 0 Å². The number of benzene rings is 1. The summed E-state index contributed by atoms with van der Waals surface area (Å²) in [6.45, 7) is 3.05. The maximum atomic E-state index is 10.8. The Morgan fingerprint density at radius 2 is 2.00 bits per heavy atom. The summed E-state index contributed by atoms with van der Waals surface area (Å²) in [7, 11) is -2.88. The lowest BCUT2D eigenvalue weighted by atomic mass is 10.0. The Kier molecular flexibility index (Phi) is 2.81. The SMILES string of the molecule is Cc1ccccc1C(C)(O)[P+](=O)[O-]. The number of aliphatic hydroxyl groups is 1. The van der Waals surface area contributed by atoms with Gasteiger partial charge in [0.25, 0.3) is 5.34 Å². The average Bonchev–Trinajstić information content (AvgIpc) is 2.04. The van der Waals surface area contributed by atoms with Gasteiger partial charge in [-0.15, -0.1) is 0 Å². The van der Waals surface area contributed by atoms with Gasteiger partial charge in [-0.05, 0) is 12.5 Å². The molecule has 70 valence electrons. The molecule has 1 N–H and O–H groups in total. The second kappa shape index (κ2) is 3.54. The Hall–Kier alpha value is -0.760. The highest BCUT2D eigenvalue weighted by atomic mass is 31.1. The van der Waals surface area contributed by atoms with Crippen molar-refractivity contribution in [1.29, 1.82) is 0 Å². The monoisotopic (exact) mass is 198 g/mol. The molecule has 0 saturated heterocycles. The minimum Gasteiger partial charge on any atom is -0.593 e. The van der Waals surface area contributed by atoms with Crippen LogP contribution in [0.15, 0.2) is 24.3 Å². The van der Waals surface area contributed by atoms with Crippen LogP contribution in [0.4, 0.5) is 0 Å². The molecule has 0 aromatic heterocycles. The first-order valence-corrected chi connectivity index (χ1v) is 5.07. The zero-order chi connectivity index (χ0) is 10.1. The molecule has 0 saturated carbocycles. The molecule has 0 bridgehead atoms. The van der Waals surface area contributed by atoms with Gasteiger partial charge in [0.1, 0.15) is 0 Å². The molecule has 0 heterocycles. The molecule has 3 nitrogen and oxygen atoms in total. The lowest BCUT2D eigenvalue weighted by Crippen LogP contribution is -2.21. The van der Waals surface area contributed by atoms with Crippen LogP contribution < -0.4 is 4.89 Å². The molecule has 13 heavy (non-hydrogen) atoms. The second-order valence-corrected chi connectivity index (χ2v) is 4.48. The third-order valence-electron chi connectivity index (χ3n) is 2.01. The van der Waals surface area contributed by atoms with Crippen molar-refractivity contribution in [3.8, 4) is 0 Å². The molecular weight excluding hydrogens is 187 g/mol. The first-order chi connectivity index (χ1) is 5.96. The van der Waals surface area contributed by atoms with E-state index in [0.29, 0.717) is 5.56 Å². The van der Waals surface area contributed by atoms with E-state index in [4.69, 9.17) is 0 Å². The lowest BCUT2D eigenvalue weighted by Gasteiger charge is -2.16. The first kappa shape index (κ1) is 10.3. The van der Waals surface area contributed by atoms with Crippen molar-refractivity contribution in [3.63, 3.8) is 0 Å². The van der Waals surface area contributed by atoms with Gasteiger partial charge >= 0.3 is 8.03 Å². The van der Waals surface area contributed by atoms with E-state index in [1.165, 1.54) is 6.92 Å². The van der Waals surface area contributed by atoms with E-state index < -0.39 is 13.4 Å². The fraction of sp³-hybridized carbons (Fsp3) is 0.333. The Morgan fingerprint density at radius 1 is 1.46 bits per heavy atom. The van der Waals surface area contributed by atoms with Crippen LogP contribution in [-0.4, -0.2) is 5.11 Å². The molecule has 0 fully saturated rings. The van der Waals surface area contributed by atoms with Crippen molar-refractivity contribution in [2.24, 2.45) is 0 Å². The molecule has 0 radical (unpaired) electrons. The molecule has 1 aromatic rings. The molecular formula is C9H11O3P. The minimum atomic E-state index is -2.88. The predicted molar refractivity (Wildman–Crippen MR) is 48.4 cm³/mol. The normalized spacial score (nSPS) is 16.5. The van der Waals surface area contributed by atoms with E-state index in [-0.39, 0.29) is 0 Å². The van der Waals surface area contributed by atoms with Gasteiger partial charge in [-0.25, -0.2) is 0 Å². The van der Waals surface area contributed by atoms with Crippen molar-refractivity contribution in [3.05, 3.63) is 35.4 Å². The van der Waals surface area contributed by atoms with Crippen LogP contribution in [0.3, 0.4) is 0 Å². The Bertz CT molecular complexity index is 333. The smallest absolute Gasteiger partial charge is 0.349 e. The molecule has 1 rings (SSSR count). The highest BCUT2D eigenvalue weighted by Gasteiger charge is 2.38. The summed E-state index contributed by atoms with van der Waals surface area (Å²) in [4.78, 5) is 10.8. The number of aryl methyl sites for hydroxylation is 1. The van der Waals surface area contributed by atoms with Crippen LogP contribution in [0.2, 0.25) is 0 Å². The summed E-state index contributed by atoms with van der Waals surface area (Å²) in [5, 5.41) is 7.88. The zero-order valence-corrected chi connectivity index (χ0v) is 8.41. The Morgan fingerprint density at radius 3 is 2.46 bits per heavy atom. The fourth-order valence-corrected chi connectivity index (χ4v) is 1.65. The van der Waals surface area contributed by atoms with Gasteiger partial charge in [-0.2, -0.15) is 0 Å². The summed E-state index contributed by atoms with van der Waals surface area (Å²) >= 11 is 0. The Balaban J connectivity index is 3.22.